The van der Waals surface area contributed by atoms with Crippen LogP contribution in [0.25, 0.3) is 0 Å². The lowest BCUT2D eigenvalue weighted by Gasteiger charge is -2.31. The van der Waals surface area contributed by atoms with Gasteiger partial charge in [0.05, 0.1) is 22.7 Å². The van der Waals surface area contributed by atoms with Crippen LogP contribution in [0, 0.1) is 33.8 Å². The highest BCUT2D eigenvalue weighted by Crippen LogP contribution is 2.24. The topological polar surface area (TPSA) is 82.2 Å². The van der Waals surface area contributed by atoms with Gasteiger partial charge in [-0.3, -0.25) is 15.0 Å². The molecule has 2 rings (SSSR count). The predicted octanol–water partition coefficient (Wildman–Crippen LogP) is 1.98. The minimum atomic E-state index is -0.497. The van der Waals surface area contributed by atoms with E-state index in [-0.39, 0.29) is 11.7 Å². The standard InChI is InChI=1S/C15H16N4O2/c1-2-7-18-8-5-13(6-9-18)17-15-4-3-14(19(20)21)10-12(15)11-16/h1,3-4,10,13,17H,5-9H2. The molecular formula is C15H16N4O2. The maximum atomic E-state index is 10.7. The molecule has 0 aromatic heterocycles. The van der Waals surface area contributed by atoms with Crippen molar-refractivity contribution in [1.29, 1.82) is 5.26 Å². The number of nitro groups is 1. The van der Waals surface area contributed by atoms with E-state index in [1.807, 2.05) is 6.07 Å². The Bertz CT molecular complexity index is 607. The highest BCUT2D eigenvalue weighted by Gasteiger charge is 2.20. The predicted molar refractivity (Wildman–Crippen MR) is 79.7 cm³/mol. The Labute approximate surface area is 123 Å². The van der Waals surface area contributed by atoms with Gasteiger partial charge in [0, 0.05) is 31.3 Å². The van der Waals surface area contributed by atoms with E-state index in [0.717, 1.165) is 25.9 Å². The lowest BCUT2D eigenvalue weighted by molar-refractivity contribution is -0.384. The first kappa shape index (κ1) is 14.8. The zero-order chi connectivity index (χ0) is 15.2. The average Bonchev–Trinajstić information content (AvgIpc) is 2.49. The SMILES string of the molecule is C#CCN1CCC(Nc2ccc([N+](=O)[O-])cc2C#N)CC1. The molecule has 1 saturated heterocycles. The zero-order valence-corrected chi connectivity index (χ0v) is 11.6. The van der Waals surface area contributed by atoms with Crippen molar-refractivity contribution >= 4 is 11.4 Å². The van der Waals surface area contributed by atoms with Crippen LogP contribution in [0.15, 0.2) is 18.2 Å². The lowest BCUT2D eigenvalue weighted by atomic mass is 10.0. The molecule has 1 aromatic carbocycles. The van der Waals surface area contributed by atoms with Crippen LogP contribution < -0.4 is 5.32 Å². The third kappa shape index (κ3) is 3.71. The van der Waals surface area contributed by atoms with Crippen LogP contribution >= 0.6 is 0 Å². The molecule has 1 N–H and O–H groups in total. The molecule has 1 fully saturated rings. The first-order valence-electron chi connectivity index (χ1n) is 6.75. The molecule has 0 amide bonds. The number of terminal acetylenes is 1. The summed E-state index contributed by atoms with van der Waals surface area (Å²) in [5.74, 6) is 2.64. The summed E-state index contributed by atoms with van der Waals surface area (Å²) in [5, 5.41) is 23.2. The van der Waals surface area contributed by atoms with Crippen LogP contribution in [0.1, 0.15) is 18.4 Å². The third-order valence-corrected chi connectivity index (χ3v) is 3.60. The molecule has 0 radical (unpaired) electrons. The van der Waals surface area contributed by atoms with Crippen LogP contribution in [0.3, 0.4) is 0 Å². The summed E-state index contributed by atoms with van der Waals surface area (Å²) >= 11 is 0. The Hall–Kier alpha value is -2.57. The van der Waals surface area contributed by atoms with Gasteiger partial charge < -0.3 is 5.32 Å². The Balaban J connectivity index is 2.03. The molecular weight excluding hydrogens is 268 g/mol. The molecule has 108 valence electrons. The summed E-state index contributed by atoms with van der Waals surface area (Å²) in [6.07, 6.45) is 7.16. The minimum absolute atomic E-state index is 0.0686. The first-order chi connectivity index (χ1) is 10.1. The number of nitrogens with one attached hydrogen (secondary N) is 1. The van der Waals surface area contributed by atoms with Crippen molar-refractivity contribution < 1.29 is 4.92 Å². The number of nitro benzene ring substituents is 1. The molecule has 0 spiro atoms. The normalized spacial score (nSPS) is 15.9. The fourth-order valence-corrected chi connectivity index (χ4v) is 2.45. The van der Waals surface area contributed by atoms with Gasteiger partial charge in [-0.1, -0.05) is 5.92 Å². The maximum absolute atomic E-state index is 10.7. The Morgan fingerprint density at radius 1 is 1.48 bits per heavy atom. The molecule has 0 atom stereocenters. The van der Waals surface area contributed by atoms with Crippen LogP contribution in [-0.4, -0.2) is 35.5 Å². The number of piperidine rings is 1. The monoisotopic (exact) mass is 284 g/mol. The molecule has 0 unspecified atom stereocenters. The van der Waals surface area contributed by atoms with Crippen molar-refractivity contribution in [2.45, 2.75) is 18.9 Å². The summed E-state index contributed by atoms with van der Waals surface area (Å²) in [4.78, 5) is 12.4. The molecule has 0 bridgehead atoms. The fraction of sp³-hybridized carbons (Fsp3) is 0.400. The van der Waals surface area contributed by atoms with Crippen molar-refractivity contribution in [2.24, 2.45) is 0 Å². The summed E-state index contributed by atoms with van der Waals surface area (Å²) < 4.78 is 0. The summed E-state index contributed by atoms with van der Waals surface area (Å²) in [7, 11) is 0. The number of benzene rings is 1. The Morgan fingerprint density at radius 2 is 2.19 bits per heavy atom. The number of likely N-dealkylation sites (tertiary alicyclic amines) is 1. The van der Waals surface area contributed by atoms with E-state index in [0.29, 0.717) is 17.8 Å². The van der Waals surface area contributed by atoms with E-state index in [1.54, 1.807) is 6.07 Å². The second-order valence-corrected chi connectivity index (χ2v) is 5.00. The maximum Gasteiger partial charge on any atom is 0.270 e. The van der Waals surface area contributed by atoms with Crippen LogP contribution in [0.4, 0.5) is 11.4 Å². The molecule has 0 saturated carbocycles. The van der Waals surface area contributed by atoms with E-state index < -0.39 is 4.92 Å². The number of non-ortho nitro benzene ring substituents is 1. The third-order valence-electron chi connectivity index (χ3n) is 3.60. The van der Waals surface area contributed by atoms with Gasteiger partial charge in [-0.25, -0.2) is 0 Å². The molecule has 0 aliphatic carbocycles. The second kappa shape index (κ2) is 6.74. The number of anilines is 1. The van der Waals surface area contributed by atoms with Gasteiger partial charge in [0.25, 0.3) is 5.69 Å². The highest BCUT2D eigenvalue weighted by molar-refractivity contribution is 5.61. The quantitative estimate of drug-likeness (QED) is 0.519. The van der Waals surface area contributed by atoms with Gasteiger partial charge in [-0.05, 0) is 18.9 Å². The van der Waals surface area contributed by atoms with Gasteiger partial charge in [-0.15, -0.1) is 6.42 Å². The van der Waals surface area contributed by atoms with Gasteiger partial charge in [0.15, 0.2) is 0 Å². The molecule has 1 aliphatic heterocycles. The highest BCUT2D eigenvalue weighted by atomic mass is 16.6. The average molecular weight is 284 g/mol. The number of nitriles is 1. The number of hydrogen-bond donors (Lipinski definition) is 1. The molecule has 1 aliphatic rings. The first-order valence-corrected chi connectivity index (χ1v) is 6.75. The molecule has 6 nitrogen and oxygen atoms in total. The Kier molecular flexibility index (Phi) is 4.76. The van der Waals surface area contributed by atoms with Crippen molar-refractivity contribution in [3.63, 3.8) is 0 Å². The van der Waals surface area contributed by atoms with E-state index in [1.165, 1.54) is 12.1 Å². The fourth-order valence-electron chi connectivity index (χ4n) is 2.45. The second-order valence-electron chi connectivity index (χ2n) is 5.00. The van der Waals surface area contributed by atoms with Gasteiger partial charge >= 0.3 is 0 Å². The van der Waals surface area contributed by atoms with E-state index in [2.05, 4.69) is 16.1 Å². The van der Waals surface area contributed by atoms with E-state index >= 15 is 0 Å². The van der Waals surface area contributed by atoms with Crippen LogP contribution in [-0.2, 0) is 0 Å². The molecule has 6 heteroatoms. The zero-order valence-electron chi connectivity index (χ0n) is 11.6. The van der Waals surface area contributed by atoms with Crippen molar-refractivity contribution in [3.05, 3.63) is 33.9 Å². The summed E-state index contributed by atoms with van der Waals surface area (Å²) in [5.41, 5.74) is 0.884. The number of nitrogens with zero attached hydrogens (tertiary/aromatic N) is 3. The summed E-state index contributed by atoms with van der Waals surface area (Å²) in [6.45, 7) is 2.49. The smallest absolute Gasteiger partial charge is 0.270 e. The van der Waals surface area contributed by atoms with E-state index in [4.69, 9.17) is 11.7 Å². The van der Waals surface area contributed by atoms with Gasteiger partial charge in [0.2, 0.25) is 0 Å². The van der Waals surface area contributed by atoms with Crippen molar-refractivity contribution in [2.75, 3.05) is 25.0 Å². The van der Waals surface area contributed by atoms with Gasteiger partial charge in [0.1, 0.15) is 6.07 Å². The largest absolute Gasteiger partial charge is 0.381 e. The Morgan fingerprint density at radius 3 is 2.76 bits per heavy atom. The summed E-state index contributed by atoms with van der Waals surface area (Å²) in [6, 6.07) is 6.58. The van der Waals surface area contributed by atoms with E-state index in [9.17, 15) is 10.1 Å². The van der Waals surface area contributed by atoms with Crippen molar-refractivity contribution in [3.8, 4) is 18.4 Å². The minimum Gasteiger partial charge on any atom is -0.381 e. The van der Waals surface area contributed by atoms with Crippen LogP contribution in [0.5, 0.6) is 0 Å². The van der Waals surface area contributed by atoms with Crippen LogP contribution in [0.2, 0.25) is 0 Å². The molecule has 1 aromatic rings. The number of hydrogen-bond acceptors (Lipinski definition) is 5. The molecule has 1 heterocycles. The van der Waals surface area contributed by atoms with Gasteiger partial charge in [-0.2, -0.15) is 5.26 Å². The molecule has 21 heavy (non-hydrogen) atoms. The lowest BCUT2D eigenvalue weighted by Crippen LogP contribution is -2.39. The van der Waals surface area contributed by atoms with Crippen molar-refractivity contribution in [1.82, 2.24) is 4.90 Å². The number of rotatable bonds is 4.